The number of fused-ring (bicyclic) bond motifs is 1. The predicted octanol–water partition coefficient (Wildman–Crippen LogP) is 3.91. The van der Waals surface area contributed by atoms with Crippen LogP contribution in [0.2, 0.25) is 0 Å². The van der Waals surface area contributed by atoms with Crippen molar-refractivity contribution in [2.45, 2.75) is 55.8 Å². The molecule has 0 atom stereocenters. The number of aryl methyl sites for hydroxylation is 2. The summed E-state index contributed by atoms with van der Waals surface area (Å²) in [6.07, 6.45) is 5.92. The fourth-order valence-corrected chi connectivity index (χ4v) is 5.11. The molecule has 1 saturated carbocycles. The van der Waals surface area contributed by atoms with Gasteiger partial charge in [0.2, 0.25) is 11.0 Å². The minimum absolute atomic E-state index is 0.0921. The van der Waals surface area contributed by atoms with Crippen molar-refractivity contribution in [1.29, 1.82) is 0 Å². The second kappa shape index (κ2) is 7.48. The Morgan fingerprint density at radius 3 is 2.81 bits per heavy atom. The number of carbonyl (C=O) groups is 2. The van der Waals surface area contributed by atoms with E-state index in [2.05, 4.69) is 16.3 Å². The van der Waals surface area contributed by atoms with Crippen LogP contribution in [0.25, 0.3) is 0 Å². The maximum atomic E-state index is 12.5. The molecular weight excluding hydrogens is 366 g/mol. The largest absolute Gasteiger partial charge is 0.293 e. The quantitative estimate of drug-likeness (QED) is 0.409. The van der Waals surface area contributed by atoms with Crippen LogP contribution in [0.4, 0.5) is 5.13 Å². The summed E-state index contributed by atoms with van der Waals surface area (Å²) in [5.74, 6) is 0.554. The number of amides is 1. The third-order valence-electron chi connectivity index (χ3n) is 4.83. The van der Waals surface area contributed by atoms with E-state index in [9.17, 15) is 9.59 Å². The Balaban J connectivity index is 1.40. The van der Waals surface area contributed by atoms with Gasteiger partial charge in [0.15, 0.2) is 10.1 Å². The molecule has 0 spiro atoms. The summed E-state index contributed by atoms with van der Waals surface area (Å²) < 4.78 is 0.740. The Bertz CT molecular complexity index is 845. The van der Waals surface area contributed by atoms with Crippen molar-refractivity contribution in [3.05, 3.63) is 34.9 Å². The normalized spacial score (nSPS) is 15.7. The molecule has 2 aliphatic rings. The molecule has 1 fully saturated rings. The monoisotopic (exact) mass is 387 g/mol. The molecule has 1 amide bonds. The molecule has 0 aliphatic heterocycles. The molecular formula is C19H21N3O2S2. The van der Waals surface area contributed by atoms with Gasteiger partial charge < -0.3 is 0 Å². The van der Waals surface area contributed by atoms with E-state index in [-0.39, 0.29) is 17.7 Å². The summed E-state index contributed by atoms with van der Waals surface area (Å²) in [6, 6.07) is 6.35. The van der Waals surface area contributed by atoms with E-state index in [0.717, 1.165) is 35.6 Å². The number of hydrogen-bond acceptors (Lipinski definition) is 6. The van der Waals surface area contributed by atoms with Gasteiger partial charge in [0, 0.05) is 18.0 Å². The summed E-state index contributed by atoms with van der Waals surface area (Å²) >= 11 is 2.81. The Hall–Kier alpha value is -1.73. The third-order valence-corrected chi connectivity index (χ3v) is 6.89. The molecule has 2 aromatic rings. The van der Waals surface area contributed by atoms with Gasteiger partial charge in [-0.2, -0.15) is 0 Å². The highest BCUT2D eigenvalue weighted by molar-refractivity contribution is 8.01. The number of nitrogens with zero attached hydrogens (tertiary/aromatic N) is 3. The first kappa shape index (κ1) is 17.7. The van der Waals surface area contributed by atoms with Crippen LogP contribution in [0.5, 0.6) is 0 Å². The first-order chi connectivity index (χ1) is 12.7. The topological polar surface area (TPSA) is 63.2 Å². The fraction of sp³-hybridized carbons (Fsp3) is 0.474. The van der Waals surface area contributed by atoms with Gasteiger partial charge in [-0.1, -0.05) is 42.2 Å². The number of benzene rings is 1. The lowest BCUT2D eigenvalue weighted by molar-refractivity contribution is -0.118. The van der Waals surface area contributed by atoms with Crippen LogP contribution in [-0.4, -0.2) is 33.7 Å². The highest BCUT2D eigenvalue weighted by atomic mass is 32.2. The lowest BCUT2D eigenvalue weighted by Crippen LogP contribution is -2.32. The summed E-state index contributed by atoms with van der Waals surface area (Å²) in [5, 5.41) is 9.02. The molecule has 0 bridgehead atoms. The van der Waals surface area contributed by atoms with Crippen LogP contribution >= 0.6 is 23.1 Å². The van der Waals surface area contributed by atoms with Crippen molar-refractivity contribution >= 4 is 39.9 Å². The molecule has 0 unspecified atom stereocenters. The smallest absolute Gasteiger partial charge is 0.228 e. The molecule has 1 aromatic carbocycles. The number of hydrogen-bond donors (Lipinski definition) is 0. The summed E-state index contributed by atoms with van der Waals surface area (Å²) in [5.41, 5.74) is 3.48. The van der Waals surface area contributed by atoms with Gasteiger partial charge in [-0.25, -0.2) is 0 Å². The fourth-order valence-electron chi connectivity index (χ4n) is 3.28. The average Bonchev–Trinajstić information content (AvgIpc) is 3.19. The molecule has 1 aromatic heterocycles. The van der Waals surface area contributed by atoms with Gasteiger partial charge in [-0.3, -0.25) is 14.5 Å². The molecule has 7 heteroatoms. The number of rotatable bonds is 7. The molecule has 2 aliphatic carbocycles. The molecule has 26 heavy (non-hydrogen) atoms. The summed E-state index contributed by atoms with van der Waals surface area (Å²) in [4.78, 5) is 26.4. The molecule has 0 radical (unpaired) electrons. The second-order valence-corrected chi connectivity index (χ2v) is 8.93. The standard InChI is InChI=1S/C19H21N3O2S2/c1-2-17(24)22(15-8-9-15)18-20-21-19(26-18)25-11-16(23)14-7-6-12-4-3-5-13(12)10-14/h6-7,10,15H,2-5,8-9,11H2,1H3. The van der Waals surface area contributed by atoms with Crippen LogP contribution in [0.3, 0.4) is 0 Å². The molecule has 4 rings (SSSR count). The average molecular weight is 388 g/mol. The zero-order chi connectivity index (χ0) is 18.1. The minimum atomic E-state index is 0.0921. The maximum absolute atomic E-state index is 12.5. The Morgan fingerprint density at radius 2 is 2.04 bits per heavy atom. The van der Waals surface area contributed by atoms with Gasteiger partial charge in [0.1, 0.15) is 0 Å². The van der Waals surface area contributed by atoms with E-state index in [1.807, 2.05) is 19.1 Å². The second-order valence-electron chi connectivity index (χ2n) is 6.75. The van der Waals surface area contributed by atoms with Gasteiger partial charge in [-0.05, 0) is 49.3 Å². The van der Waals surface area contributed by atoms with Crippen LogP contribution < -0.4 is 4.90 Å². The number of Topliss-reactive ketones (excluding diaryl/α,β-unsaturated/α-hetero) is 1. The number of anilines is 1. The van der Waals surface area contributed by atoms with Crippen molar-refractivity contribution in [3.63, 3.8) is 0 Å². The predicted molar refractivity (Wildman–Crippen MR) is 104 cm³/mol. The van der Waals surface area contributed by atoms with Gasteiger partial charge >= 0.3 is 0 Å². The van der Waals surface area contributed by atoms with E-state index >= 15 is 0 Å². The first-order valence-corrected chi connectivity index (χ1v) is 10.9. The third kappa shape index (κ3) is 3.69. The van der Waals surface area contributed by atoms with Crippen LogP contribution in [0.1, 0.15) is 54.1 Å². The molecule has 1 heterocycles. The maximum Gasteiger partial charge on any atom is 0.228 e. The molecule has 136 valence electrons. The lowest BCUT2D eigenvalue weighted by atomic mass is 10.0. The van der Waals surface area contributed by atoms with Crippen LogP contribution in [0.15, 0.2) is 22.5 Å². The number of carbonyl (C=O) groups excluding carboxylic acids is 2. The van der Waals surface area contributed by atoms with E-state index < -0.39 is 0 Å². The summed E-state index contributed by atoms with van der Waals surface area (Å²) in [6.45, 7) is 1.86. The Morgan fingerprint density at radius 1 is 1.23 bits per heavy atom. The van der Waals surface area contributed by atoms with Crippen molar-refractivity contribution < 1.29 is 9.59 Å². The van der Waals surface area contributed by atoms with Crippen molar-refractivity contribution in [1.82, 2.24) is 10.2 Å². The molecule has 0 N–H and O–H groups in total. The summed E-state index contributed by atoms with van der Waals surface area (Å²) in [7, 11) is 0. The van der Waals surface area contributed by atoms with E-state index in [1.54, 1.807) is 4.90 Å². The minimum Gasteiger partial charge on any atom is -0.293 e. The Labute approximate surface area is 161 Å². The van der Waals surface area contributed by atoms with Gasteiger partial charge in [0.05, 0.1) is 5.75 Å². The van der Waals surface area contributed by atoms with Crippen molar-refractivity contribution in [2.24, 2.45) is 0 Å². The van der Waals surface area contributed by atoms with Crippen molar-refractivity contribution in [3.8, 4) is 0 Å². The first-order valence-electron chi connectivity index (χ1n) is 9.09. The number of ketones is 1. The van der Waals surface area contributed by atoms with E-state index in [4.69, 9.17) is 0 Å². The lowest BCUT2D eigenvalue weighted by Gasteiger charge is -2.17. The van der Waals surface area contributed by atoms with E-state index in [0.29, 0.717) is 17.3 Å². The zero-order valence-corrected chi connectivity index (χ0v) is 16.4. The molecule has 0 saturated heterocycles. The van der Waals surface area contributed by atoms with Crippen LogP contribution in [-0.2, 0) is 17.6 Å². The zero-order valence-electron chi connectivity index (χ0n) is 14.7. The Kier molecular flexibility index (Phi) is 5.09. The molecule has 5 nitrogen and oxygen atoms in total. The van der Waals surface area contributed by atoms with Crippen LogP contribution in [0, 0.1) is 0 Å². The van der Waals surface area contributed by atoms with E-state index in [1.165, 1.54) is 40.6 Å². The highest BCUT2D eigenvalue weighted by Crippen LogP contribution is 2.36. The highest BCUT2D eigenvalue weighted by Gasteiger charge is 2.35. The number of aromatic nitrogens is 2. The van der Waals surface area contributed by atoms with Crippen molar-refractivity contribution in [2.75, 3.05) is 10.7 Å². The SMILES string of the molecule is CCC(=O)N(c1nnc(SCC(=O)c2ccc3c(c2)CCC3)s1)C1CC1. The van der Waals surface area contributed by atoms with Gasteiger partial charge in [-0.15, -0.1) is 10.2 Å². The van der Waals surface area contributed by atoms with Gasteiger partial charge in [0.25, 0.3) is 0 Å². The number of thioether (sulfide) groups is 1.